The molecule has 44 heavy (non-hydrogen) atoms. The topological polar surface area (TPSA) is 126 Å². The molecule has 12 heteroatoms. The molecule has 3 N–H and O–H groups in total. The molecule has 0 bridgehead atoms. The van der Waals surface area contributed by atoms with Crippen LogP contribution in [0.1, 0.15) is 30.4 Å². The summed E-state index contributed by atoms with van der Waals surface area (Å²) in [6, 6.07) is 12.5. The van der Waals surface area contributed by atoms with Gasteiger partial charge in [-0.1, -0.05) is 12.6 Å². The van der Waals surface area contributed by atoms with Crippen LogP contribution in [0.2, 0.25) is 0 Å². The first-order chi connectivity index (χ1) is 21.0. The van der Waals surface area contributed by atoms with Gasteiger partial charge in [0.2, 0.25) is 11.9 Å². The third-order valence-corrected chi connectivity index (χ3v) is 6.95. The highest BCUT2D eigenvalue weighted by Gasteiger charge is 2.21. The molecule has 0 aliphatic rings. The lowest BCUT2D eigenvalue weighted by molar-refractivity contribution is -0.111. The van der Waals surface area contributed by atoms with E-state index >= 15 is 0 Å². The Balaban J connectivity index is 1.70. The number of benzene rings is 2. The Kier molecular flexibility index (Phi) is 10.1. The highest BCUT2D eigenvalue weighted by atomic mass is 16.5. The molecule has 0 aliphatic carbocycles. The van der Waals surface area contributed by atoms with Crippen molar-refractivity contribution in [2.24, 2.45) is 0 Å². The summed E-state index contributed by atoms with van der Waals surface area (Å²) in [6.07, 6.45) is 2.89. The molecule has 0 fully saturated rings. The van der Waals surface area contributed by atoms with Crippen molar-refractivity contribution in [2.45, 2.75) is 19.9 Å². The van der Waals surface area contributed by atoms with Crippen LogP contribution in [-0.2, 0) is 4.79 Å². The normalized spacial score (nSPS) is 11.0. The number of hydrogen-bond acceptors (Lipinski definition) is 9. The molecule has 2 aromatic carbocycles. The van der Waals surface area contributed by atoms with Crippen molar-refractivity contribution in [1.29, 1.82) is 0 Å². The van der Waals surface area contributed by atoms with Crippen molar-refractivity contribution in [1.82, 2.24) is 19.4 Å². The standard InChI is InChI=1S/C32H40N8O4/c1-9-29(41)35-24-17-25(28(44-8)18-26(24)39(6)14-13-38(4)5)36-32-33-19-21-15-27(40(20(2)3)30(21)37-32)31(42)34-22-11-10-12-23(16-22)43-7/h9-12,15-20H,1,13-14H2,2-8H3,(H,34,42)(H,35,41)(H,33,36,37). The Morgan fingerprint density at radius 2 is 1.80 bits per heavy atom. The molecule has 0 unspecified atom stereocenters. The van der Waals surface area contributed by atoms with E-state index in [1.165, 1.54) is 6.08 Å². The van der Waals surface area contributed by atoms with E-state index in [1.54, 1.807) is 44.7 Å². The minimum atomic E-state index is -0.337. The van der Waals surface area contributed by atoms with E-state index in [0.29, 0.717) is 51.2 Å². The molecule has 232 valence electrons. The van der Waals surface area contributed by atoms with Crippen molar-refractivity contribution in [3.8, 4) is 11.5 Å². The number of anilines is 5. The van der Waals surface area contributed by atoms with Crippen molar-refractivity contribution >= 4 is 51.5 Å². The van der Waals surface area contributed by atoms with E-state index in [1.807, 2.05) is 62.7 Å². The van der Waals surface area contributed by atoms with Gasteiger partial charge in [-0.25, -0.2) is 4.98 Å². The van der Waals surface area contributed by atoms with E-state index in [0.717, 1.165) is 18.8 Å². The molecule has 4 rings (SSSR count). The fourth-order valence-electron chi connectivity index (χ4n) is 4.69. The summed E-state index contributed by atoms with van der Waals surface area (Å²) in [6.45, 7) is 9.09. The number of fused-ring (bicyclic) bond motifs is 1. The van der Waals surface area contributed by atoms with Crippen LogP contribution < -0.4 is 30.3 Å². The maximum absolute atomic E-state index is 13.4. The van der Waals surface area contributed by atoms with Gasteiger partial charge >= 0.3 is 0 Å². The van der Waals surface area contributed by atoms with Crippen molar-refractivity contribution in [3.63, 3.8) is 0 Å². The molecule has 2 aromatic heterocycles. The summed E-state index contributed by atoms with van der Waals surface area (Å²) in [4.78, 5) is 39.1. The second-order valence-corrected chi connectivity index (χ2v) is 10.8. The zero-order valence-corrected chi connectivity index (χ0v) is 26.3. The number of rotatable bonds is 13. The number of likely N-dealkylation sites (N-methyl/N-ethyl adjacent to an activating group) is 2. The van der Waals surface area contributed by atoms with Gasteiger partial charge in [-0.2, -0.15) is 4.98 Å². The predicted octanol–water partition coefficient (Wildman–Crippen LogP) is 5.15. The molecule has 0 saturated heterocycles. The SMILES string of the molecule is C=CC(=O)Nc1cc(Nc2ncc3cc(C(=O)Nc4cccc(OC)c4)n(C(C)C)c3n2)c(OC)cc1N(C)CCN(C)C. The smallest absolute Gasteiger partial charge is 0.272 e. The van der Waals surface area contributed by atoms with Crippen LogP contribution >= 0.6 is 0 Å². The zero-order valence-electron chi connectivity index (χ0n) is 26.3. The van der Waals surface area contributed by atoms with Crippen molar-refractivity contribution in [2.75, 3.05) is 69.3 Å². The number of methoxy groups -OCH3 is 2. The Hall–Kier alpha value is -5.10. The van der Waals surface area contributed by atoms with E-state index in [2.05, 4.69) is 32.4 Å². The Bertz CT molecular complexity index is 1660. The van der Waals surface area contributed by atoms with E-state index < -0.39 is 0 Å². The van der Waals surface area contributed by atoms with E-state index in [4.69, 9.17) is 14.5 Å². The average molecular weight is 601 g/mol. The Morgan fingerprint density at radius 3 is 2.45 bits per heavy atom. The molecule has 2 amide bonds. The van der Waals surface area contributed by atoms with Crippen LogP contribution in [0.25, 0.3) is 11.0 Å². The van der Waals surface area contributed by atoms with Crippen LogP contribution in [0, 0.1) is 0 Å². The lowest BCUT2D eigenvalue weighted by atomic mass is 10.2. The van der Waals surface area contributed by atoms with Crippen LogP contribution in [0.4, 0.5) is 28.7 Å². The van der Waals surface area contributed by atoms with Crippen LogP contribution in [0.15, 0.2) is 61.3 Å². The molecular formula is C32H40N8O4. The quantitative estimate of drug-likeness (QED) is 0.179. The molecule has 0 atom stereocenters. The number of ether oxygens (including phenoxy) is 2. The molecule has 0 radical (unpaired) electrons. The number of nitrogens with one attached hydrogen (secondary N) is 3. The van der Waals surface area contributed by atoms with Crippen LogP contribution in [0.5, 0.6) is 11.5 Å². The average Bonchev–Trinajstić information content (AvgIpc) is 3.39. The molecular weight excluding hydrogens is 560 g/mol. The van der Waals surface area contributed by atoms with Gasteiger partial charge in [0.15, 0.2) is 0 Å². The lowest BCUT2D eigenvalue weighted by Gasteiger charge is -2.26. The maximum atomic E-state index is 13.4. The Morgan fingerprint density at radius 1 is 1.02 bits per heavy atom. The first kappa shape index (κ1) is 31.8. The van der Waals surface area contributed by atoms with Gasteiger partial charge in [0.1, 0.15) is 22.8 Å². The van der Waals surface area contributed by atoms with Crippen LogP contribution in [-0.4, -0.2) is 79.7 Å². The van der Waals surface area contributed by atoms with Crippen molar-refractivity contribution < 1.29 is 19.1 Å². The van der Waals surface area contributed by atoms with Gasteiger partial charge in [0, 0.05) is 55.6 Å². The fourth-order valence-corrected chi connectivity index (χ4v) is 4.69. The zero-order chi connectivity index (χ0) is 32.0. The lowest BCUT2D eigenvalue weighted by Crippen LogP contribution is -2.29. The monoisotopic (exact) mass is 600 g/mol. The maximum Gasteiger partial charge on any atom is 0.272 e. The first-order valence-corrected chi connectivity index (χ1v) is 14.2. The summed E-state index contributed by atoms with van der Waals surface area (Å²) in [7, 11) is 9.12. The first-order valence-electron chi connectivity index (χ1n) is 14.2. The van der Waals surface area contributed by atoms with E-state index in [9.17, 15) is 9.59 Å². The number of nitrogens with zero attached hydrogens (tertiary/aromatic N) is 5. The Labute approximate surface area is 257 Å². The number of amides is 2. The molecule has 2 heterocycles. The second kappa shape index (κ2) is 13.9. The summed E-state index contributed by atoms with van der Waals surface area (Å²) in [5, 5.41) is 9.80. The third kappa shape index (κ3) is 7.27. The number of carbonyl (C=O) groups is 2. The number of aromatic nitrogens is 3. The van der Waals surface area contributed by atoms with Gasteiger partial charge in [-0.05, 0) is 58.3 Å². The second-order valence-electron chi connectivity index (χ2n) is 10.8. The fraction of sp³-hybridized carbons (Fsp3) is 0.312. The van der Waals surface area contributed by atoms with Gasteiger partial charge in [-0.3, -0.25) is 9.59 Å². The van der Waals surface area contributed by atoms with Gasteiger partial charge in [0.25, 0.3) is 5.91 Å². The van der Waals surface area contributed by atoms with Crippen molar-refractivity contribution in [3.05, 3.63) is 67.0 Å². The van der Waals surface area contributed by atoms with Crippen LogP contribution in [0.3, 0.4) is 0 Å². The number of hydrogen-bond donors (Lipinski definition) is 3. The summed E-state index contributed by atoms with van der Waals surface area (Å²) < 4.78 is 12.9. The van der Waals surface area contributed by atoms with E-state index in [-0.39, 0.29) is 17.9 Å². The largest absolute Gasteiger partial charge is 0.497 e. The van der Waals surface area contributed by atoms with Gasteiger partial charge in [0.05, 0.1) is 31.3 Å². The summed E-state index contributed by atoms with van der Waals surface area (Å²) in [5.74, 6) is 0.859. The molecule has 0 saturated carbocycles. The molecule has 0 aliphatic heterocycles. The minimum absolute atomic E-state index is 0.0754. The summed E-state index contributed by atoms with van der Waals surface area (Å²) >= 11 is 0. The molecule has 12 nitrogen and oxygen atoms in total. The highest BCUT2D eigenvalue weighted by Crippen LogP contribution is 2.38. The van der Waals surface area contributed by atoms with Gasteiger partial charge < -0.3 is 39.8 Å². The number of carbonyl (C=O) groups excluding carboxylic acids is 2. The highest BCUT2D eigenvalue weighted by molar-refractivity contribution is 6.06. The molecule has 0 spiro atoms. The minimum Gasteiger partial charge on any atom is -0.497 e. The van der Waals surface area contributed by atoms with Gasteiger partial charge in [-0.15, -0.1) is 0 Å². The summed E-state index contributed by atoms with van der Waals surface area (Å²) in [5.41, 5.74) is 3.55. The third-order valence-electron chi connectivity index (χ3n) is 6.95. The predicted molar refractivity (Wildman–Crippen MR) is 176 cm³/mol. The molecule has 4 aromatic rings.